The van der Waals surface area contributed by atoms with Gasteiger partial charge in [0.1, 0.15) is 0 Å². The second-order valence-electron chi connectivity index (χ2n) is 5.33. The summed E-state index contributed by atoms with van der Waals surface area (Å²) in [5.74, 6) is 0. The Kier molecular flexibility index (Phi) is 3.28. The van der Waals surface area contributed by atoms with E-state index < -0.39 is 4.92 Å². The normalized spacial score (nSPS) is 10.8. The lowest BCUT2D eigenvalue weighted by molar-refractivity contribution is -0.384. The smallest absolute Gasteiger partial charge is 0.258 e. The molecule has 0 spiro atoms. The molecule has 0 aliphatic carbocycles. The summed E-state index contributed by atoms with van der Waals surface area (Å²) < 4.78 is 1.69. The van der Waals surface area contributed by atoms with Gasteiger partial charge in [0.25, 0.3) is 5.69 Å². The van der Waals surface area contributed by atoms with E-state index in [2.05, 4.69) is 28.5 Å². The van der Waals surface area contributed by atoms with E-state index in [4.69, 9.17) is 0 Å². The second kappa shape index (κ2) is 5.58. The molecule has 3 aromatic carbocycles. The predicted molar refractivity (Wildman–Crippen MR) is 91.0 cm³/mol. The number of hydrogen-bond acceptors (Lipinski definition) is 4. The van der Waals surface area contributed by atoms with Gasteiger partial charge in [0, 0.05) is 17.7 Å². The number of aromatic nitrogens is 3. The van der Waals surface area contributed by atoms with Crippen molar-refractivity contribution >= 4 is 16.5 Å². The molecule has 0 saturated carbocycles. The highest BCUT2D eigenvalue weighted by molar-refractivity contribution is 5.95. The van der Waals surface area contributed by atoms with E-state index >= 15 is 0 Å². The van der Waals surface area contributed by atoms with Gasteiger partial charge in [-0.15, -0.1) is 5.10 Å². The van der Waals surface area contributed by atoms with Gasteiger partial charge in [-0.05, 0) is 22.9 Å². The molecule has 0 unspecified atom stereocenters. The number of fused-ring (bicyclic) bond motifs is 1. The maximum absolute atomic E-state index is 10.8. The van der Waals surface area contributed by atoms with Crippen molar-refractivity contribution in [3.8, 4) is 16.9 Å². The van der Waals surface area contributed by atoms with Crippen molar-refractivity contribution in [1.29, 1.82) is 0 Å². The van der Waals surface area contributed by atoms with Crippen LogP contribution in [0.4, 0.5) is 5.69 Å². The predicted octanol–water partition coefficient (Wildman–Crippen LogP) is 4.00. The molecule has 6 nitrogen and oxygen atoms in total. The molecule has 0 amide bonds. The third kappa shape index (κ3) is 2.30. The van der Waals surface area contributed by atoms with Gasteiger partial charge in [0.05, 0.1) is 22.5 Å². The van der Waals surface area contributed by atoms with Crippen LogP contribution in [0.2, 0.25) is 0 Å². The summed E-state index contributed by atoms with van der Waals surface area (Å²) in [6.45, 7) is 0. The van der Waals surface area contributed by atoms with Crippen LogP contribution in [0.1, 0.15) is 0 Å². The summed E-state index contributed by atoms with van der Waals surface area (Å²) in [7, 11) is 0. The van der Waals surface area contributed by atoms with E-state index in [-0.39, 0.29) is 5.69 Å². The third-order valence-corrected chi connectivity index (χ3v) is 3.92. The quantitative estimate of drug-likeness (QED) is 0.423. The number of nitro groups is 1. The number of hydrogen-bond donors (Lipinski definition) is 0. The van der Waals surface area contributed by atoms with E-state index in [1.165, 1.54) is 12.1 Å². The van der Waals surface area contributed by atoms with Gasteiger partial charge in [0.15, 0.2) is 0 Å². The fraction of sp³-hybridized carbons (Fsp3) is 0. The molecular weight excluding hydrogens is 304 g/mol. The van der Waals surface area contributed by atoms with Crippen LogP contribution in [0.5, 0.6) is 0 Å². The summed E-state index contributed by atoms with van der Waals surface area (Å²) >= 11 is 0. The SMILES string of the molecule is O=[N+]([O-])c1ccc(-n2nncc2-c2cccc3ccccc23)cc1. The average molecular weight is 316 g/mol. The summed E-state index contributed by atoms with van der Waals surface area (Å²) in [5.41, 5.74) is 2.61. The summed E-state index contributed by atoms with van der Waals surface area (Å²) in [6, 6.07) is 20.4. The number of non-ortho nitro benzene ring substituents is 1. The van der Waals surface area contributed by atoms with Crippen LogP contribution in [0.3, 0.4) is 0 Å². The maximum atomic E-state index is 10.8. The first-order valence-electron chi connectivity index (χ1n) is 7.38. The first-order valence-corrected chi connectivity index (χ1v) is 7.38. The monoisotopic (exact) mass is 316 g/mol. The second-order valence-corrected chi connectivity index (χ2v) is 5.33. The van der Waals surface area contributed by atoms with Crippen LogP contribution in [0.25, 0.3) is 27.7 Å². The molecule has 0 N–H and O–H groups in total. The highest BCUT2D eigenvalue weighted by atomic mass is 16.6. The van der Waals surface area contributed by atoms with Gasteiger partial charge >= 0.3 is 0 Å². The van der Waals surface area contributed by atoms with E-state index in [1.54, 1.807) is 23.0 Å². The molecule has 0 radical (unpaired) electrons. The van der Waals surface area contributed by atoms with Crippen LogP contribution in [0.15, 0.2) is 72.9 Å². The number of rotatable bonds is 3. The van der Waals surface area contributed by atoms with Crippen LogP contribution in [0, 0.1) is 10.1 Å². The summed E-state index contributed by atoms with van der Waals surface area (Å²) in [4.78, 5) is 10.4. The molecule has 1 heterocycles. The first kappa shape index (κ1) is 14.1. The Morgan fingerprint density at radius 1 is 0.917 bits per heavy atom. The minimum Gasteiger partial charge on any atom is -0.258 e. The van der Waals surface area contributed by atoms with Crippen LogP contribution < -0.4 is 0 Å². The van der Waals surface area contributed by atoms with Crippen molar-refractivity contribution in [2.24, 2.45) is 0 Å². The van der Waals surface area contributed by atoms with Gasteiger partial charge in [-0.1, -0.05) is 47.7 Å². The van der Waals surface area contributed by atoms with Gasteiger partial charge in [0.2, 0.25) is 0 Å². The fourth-order valence-electron chi connectivity index (χ4n) is 2.77. The van der Waals surface area contributed by atoms with Crippen molar-refractivity contribution in [1.82, 2.24) is 15.0 Å². The van der Waals surface area contributed by atoms with Crippen molar-refractivity contribution in [3.05, 3.63) is 83.0 Å². The molecule has 6 heteroatoms. The molecule has 1 aromatic heterocycles. The highest BCUT2D eigenvalue weighted by Crippen LogP contribution is 2.29. The Morgan fingerprint density at radius 2 is 1.67 bits per heavy atom. The van der Waals surface area contributed by atoms with Crippen molar-refractivity contribution in [2.45, 2.75) is 0 Å². The van der Waals surface area contributed by atoms with E-state index in [1.807, 2.05) is 24.3 Å². The summed E-state index contributed by atoms with van der Waals surface area (Å²) in [6.07, 6.45) is 1.70. The first-order chi connectivity index (χ1) is 11.7. The third-order valence-electron chi connectivity index (χ3n) is 3.92. The minimum absolute atomic E-state index is 0.0468. The Morgan fingerprint density at radius 3 is 2.46 bits per heavy atom. The van der Waals surface area contributed by atoms with Gasteiger partial charge < -0.3 is 0 Å². The topological polar surface area (TPSA) is 73.8 Å². The average Bonchev–Trinajstić information content (AvgIpc) is 3.11. The molecule has 24 heavy (non-hydrogen) atoms. The lowest BCUT2D eigenvalue weighted by Gasteiger charge is -2.09. The number of benzene rings is 3. The molecule has 0 saturated heterocycles. The van der Waals surface area contributed by atoms with Crippen LogP contribution in [-0.4, -0.2) is 19.9 Å². The lowest BCUT2D eigenvalue weighted by Crippen LogP contribution is -2.00. The largest absolute Gasteiger partial charge is 0.269 e. The Labute approximate surface area is 137 Å². The Hall–Kier alpha value is -3.54. The standard InChI is InChI=1S/C18H12N4O2/c23-22(24)15-10-8-14(9-11-15)21-18(12-19-20-21)17-7-3-5-13-4-1-2-6-16(13)17/h1-12H. The molecule has 0 bridgehead atoms. The molecule has 116 valence electrons. The van der Waals surface area contributed by atoms with Crippen LogP contribution >= 0.6 is 0 Å². The van der Waals surface area contributed by atoms with Crippen molar-refractivity contribution < 1.29 is 4.92 Å². The van der Waals surface area contributed by atoms with Gasteiger partial charge in [-0.3, -0.25) is 10.1 Å². The van der Waals surface area contributed by atoms with E-state index in [0.29, 0.717) is 0 Å². The number of nitro benzene ring substituents is 1. The van der Waals surface area contributed by atoms with E-state index in [0.717, 1.165) is 27.7 Å². The zero-order valence-electron chi connectivity index (χ0n) is 12.5. The molecule has 0 aliphatic heterocycles. The summed E-state index contributed by atoms with van der Waals surface area (Å²) in [5, 5.41) is 21.2. The lowest BCUT2D eigenvalue weighted by atomic mass is 10.0. The Bertz CT molecular complexity index is 1030. The highest BCUT2D eigenvalue weighted by Gasteiger charge is 2.12. The maximum Gasteiger partial charge on any atom is 0.269 e. The fourth-order valence-corrected chi connectivity index (χ4v) is 2.77. The Balaban J connectivity index is 1.87. The van der Waals surface area contributed by atoms with Gasteiger partial charge in [-0.25, -0.2) is 4.68 Å². The minimum atomic E-state index is -0.420. The molecule has 4 aromatic rings. The molecule has 0 atom stereocenters. The zero-order chi connectivity index (χ0) is 16.5. The van der Waals surface area contributed by atoms with E-state index in [9.17, 15) is 10.1 Å². The number of nitrogens with zero attached hydrogens (tertiary/aromatic N) is 4. The molecular formula is C18H12N4O2. The van der Waals surface area contributed by atoms with Crippen molar-refractivity contribution in [2.75, 3.05) is 0 Å². The molecule has 0 fully saturated rings. The van der Waals surface area contributed by atoms with Crippen molar-refractivity contribution in [3.63, 3.8) is 0 Å². The van der Waals surface area contributed by atoms with Crippen LogP contribution in [-0.2, 0) is 0 Å². The molecule has 4 rings (SSSR count). The molecule has 0 aliphatic rings. The zero-order valence-corrected chi connectivity index (χ0v) is 12.5. The van der Waals surface area contributed by atoms with Gasteiger partial charge in [-0.2, -0.15) is 0 Å².